The van der Waals surface area contributed by atoms with Crippen LogP contribution < -0.4 is 4.90 Å². The monoisotopic (exact) mass is 613 g/mol. The highest BCUT2D eigenvalue weighted by atomic mass is 16.3. The summed E-state index contributed by atoms with van der Waals surface area (Å²) in [4.78, 5) is 2.46. The van der Waals surface area contributed by atoms with E-state index >= 15 is 0 Å². The van der Waals surface area contributed by atoms with Gasteiger partial charge in [-0.2, -0.15) is 0 Å². The van der Waals surface area contributed by atoms with E-state index in [0.29, 0.717) is 0 Å². The minimum Gasteiger partial charge on any atom is -0.455 e. The fourth-order valence-corrected chi connectivity index (χ4v) is 8.61. The van der Waals surface area contributed by atoms with E-state index in [1.165, 1.54) is 67.1 Å². The molecule has 0 saturated heterocycles. The molecule has 0 aliphatic heterocycles. The van der Waals surface area contributed by atoms with Crippen LogP contribution in [0.15, 0.2) is 124 Å². The first-order chi connectivity index (χ1) is 22.6. The molecule has 0 radical (unpaired) electrons. The number of hydrogen-bond acceptors (Lipinski definition) is 2. The summed E-state index contributed by atoms with van der Waals surface area (Å²) in [5.74, 6) is 0. The smallest absolute Gasteiger partial charge is 0.145 e. The Balaban J connectivity index is 1.48. The third-order valence-corrected chi connectivity index (χ3v) is 11.2. The summed E-state index contributed by atoms with van der Waals surface area (Å²) in [6, 6.07) is 26.7. The second kappa shape index (κ2) is 10.3. The maximum Gasteiger partial charge on any atom is 0.145 e. The van der Waals surface area contributed by atoms with Crippen LogP contribution in [-0.4, -0.2) is 0 Å². The molecule has 3 aliphatic carbocycles. The van der Waals surface area contributed by atoms with Crippen LogP contribution in [0.4, 0.5) is 11.4 Å². The molecular formula is C45H43NO. The van der Waals surface area contributed by atoms with Gasteiger partial charge in [0, 0.05) is 33.2 Å². The molecule has 234 valence electrons. The van der Waals surface area contributed by atoms with E-state index in [1.807, 2.05) is 0 Å². The zero-order chi connectivity index (χ0) is 32.8. The Morgan fingerprint density at radius 3 is 2.34 bits per heavy atom. The van der Waals surface area contributed by atoms with E-state index in [1.54, 1.807) is 0 Å². The molecule has 47 heavy (non-hydrogen) atoms. The van der Waals surface area contributed by atoms with Crippen molar-refractivity contribution in [2.24, 2.45) is 0 Å². The second-order valence-corrected chi connectivity index (χ2v) is 14.6. The number of rotatable bonds is 3. The summed E-state index contributed by atoms with van der Waals surface area (Å²) in [5.41, 5.74) is 18.4. The third kappa shape index (κ3) is 4.10. The van der Waals surface area contributed by atoms with Gasteiger partial charge in [0.15, 0.2) is 0 Å². The summed E-state index contributed by atoms with van der Waals surface area (Å²) in [7, 11) is 0. The maximum atomic E-state index is 6.91. The summed E-state index contributed by atoms with van der Waals surface area (Å²) in [6.45, 7) is 18.5. The van der Waals surface area contributed by atoms with Crippen LogP contribution in [0.1, 0.15) is 81.3 Å². The second-order valence-electron chi connectivity index (χ2n) is 14.6. The van der Waals surface area contributed by atoms with Crippen LogP contribution in [0.5, 0.6) is 0 Å². The average Bonchev–Trinajstić information content (AvgIpc) is 3.41. The molecule has 0 N–H and O–H groups in total. The molecule has 5 aromatic rings. The van der Waals surface area contributed by atoms with Crippen molar-refractivity contribution in [3.8, 4) is 0 Å². The zero-order valence-electron chi connectivity index (χ0n) is 28.9. The van der Waals surface area contributed by atoms with Gasteiger partial charge in [0.2, 0.25) is 0 Å². The van der Waals surface area contributed by atoms with Crippen molar-refractivity contribution < 1.29 is 4.42 Å². The van der Waals surface area contributed by atoms with Crippen LogP contribution in [0.3, 0.4) is 0 Å². The van der Waals surface area contributed by atoms with Crippen LogP contribution in [0, 0.1) is 13.8 Å². The SMILES string of the molecule is C/C=C(\C)N(c1cccc(C)c1C)c1cc2c(c3oc4ccccc4c13)C=CC1=C(C3=C(C=CC1)c1ccccc1C3(C)C)C2(C)C. The summed E-state index contributed by atoms with van der Waals surface area (Å²) in [6.07, 6.45) is 12.6. The molecule has 1 aromatic heterocycles. The van der Waals surface area contributed by atoms with Crippen molar-refractivity contribution >= 4 is 45.0 Å². The van der Waals surface area contributed by atoms with Crippen molar-refractivity contribution in [1.29, 1.82) is 0 Å². The van der Waals surface area contributed by atoms with Gasteiger partial charge in [-0.25, -0.2) is 0 Å². The van der Waals surface area contributed by atoms with Gasteiger partial charge in [0.25, 0.3) is 0 Å². The Bertz CT molecular complexity index is 2310. The van der Waals surface area contributed by atoms with Crippen LogP contribution in [0.25, 0.3) is 33.6 Å². The quantitative estimate of drug-likeness (QED) is 0.201. The molecule has 0 bridgehead atoms. The molecule has 0 atom stereocenters. The molecule has 0 amide bonds. The van der Waals surface area contributed by atoms with E-state index in [2.05, 4.69) is 163 Å². The number of hydrogen-bond donors (Lipinski definition) is 0. The molecule has 0 unspecified atom stereocenters. The molecule has 0 fully saturated rings. The highest BCUT2D eigenvalue weighted by Gasteiger charge is 2.45. The van der Waals surface area contributed by atoms with Gasteiger partial charge >= 0.3 is 0 Å². The van der Waals surface area contributed by atoms with Crippen molar-refractivity contribution in [3.05, 3.63) is 153 Å². The predicted molar refractivity (Wildman–Crippen MR) is 200 cm³/mol. The Hall–Kier alpha value is -4.82. The molecule has 3 aliphatic rings. The lowest BCUT2D eigenvalue weighted by Crippen LogP contribution is -2.30. The fourth-order valence-electron chi connectivity index (χ4n) is 8.61. The van der Waals surface area contributed by atoms with Crippen LogP contribution in [-0.2, 0) is 10.8 Å². The van der Waals surface area contributed by atoms with E-state index in [-0.39, 0.29) is 10.8 Å². The summed E-state index contributed by atoms with van der Waals surface area (Å²) < 4.78 is 6.91. The third-order valence-electron chi connectivity index (χ3n) is 11.2. The van der Waals surface area contributed by atoms with Gasteiger partial charge in [-0.1, -0.05) is 113 Å². The number of nitrogens with zero attached hydrogens (tertiary/aromatic N) is 1. The molecule has 8 rings (SSSR count). The first kappa shape index (κ1) is 29.6. The van der Waals surface area contributed by atoms with Gasteiger partial charge < -0.3 is 9.32 Å². The molecule has 2 heteroatoms. The lowest BCUT2D eigenvalue weighted by atomic mass is 9.66. The Kier molecular flexibility index (Phi) is 6.51. The van der Waals surface area contributed by atoms with Gasteiger partial charge in [-0.05, 0) is 102 Å². The number of allylic oxidation sites excluding steroid dienone is 9. The van der Waals surface area contributed by atoms with Crippen molar-refractivity contribution in [1.82, 2.24) is 0 Å². The van der Waals surface area contributed by atoms with Crippen molar-refractivity contribution in [3.63, 3.8) is 0 Å². The molecule has 0 spiro atoms. The molecule has 0 saturated carbocycles. The van der Waals surface area contributed by atoms with E-state index in [9.17, 15) is 0 Å². The number of fused-ring (bicyclic) bond motifs is 8. The number of benzene rings is 4. The van der Waals surface area contributed by atoms with E-state index < -0.39 is 0 Å². The summed E-state index contributed by atoms with van der Waals surface area (Å²) >= 11 is 0. The standard InChI is InChI=1S/C45H43NO/c1-9-28(3)46(37-22-14-16-27(2)29(37)4)38-26-36-33(43-40(38)34-19-11-13-23-39(34)47-43)25-24-30-17-15-20-32-31-18-10-12-21-35(31)44(5,6)42(32)41(30)45(36,7)8/h9-16,18-26H,17H2,1-8H3/b28-9+. The van der Waals surface area contributed by atoms with Crippen molar-refractivity contribution in [2.75, 3.05) is 4.90 Å². The Morgan fingerprint density at radius 1 is 0.787 bits per heavy atom. The number of furan rings is 1. The first-order valence-electron chi connectivity index (χ1n) is 17.0. The highest BCUT2D eigenvalue weighted by Crippen LogP contribution is 2.58. The minimum absolute atomic E-state index is 0.130. The normalized spacial score (nSPS) is 17.8. The molecule has 1 heterocycles. The van der Waals surface area contributed by atoms with Crippen LogP contribution in [0.2, 0.25) is 0 Å². The number of para-hydroxylation sites is 1. The molecular weight excluding hydrogens is 571 g/mol. The van der Waals surface area contributed by atoms with Crippen molar-refractivity contribution in [2.45, 2.75) is 72.6 Å². The van der Waals surface area contributed by atoms with Gasteiger partial charge in [0.1, 0.15) is 11.2 Å². The molecule has 2 nitrogen and oxygen atoms in total. The van der Waals surface area contributed by atoms with Gasteiger partial charge in [-0.15, -0.1) is 0 Å². The average molecular weight is 614 g/mol. The predicted octanol–water partition coefficient (Wildman–Crippen LogP) is 12.6. The topological polar surface area (TPSA) is 16.4 Å². The number of anilines is 2. The lowest BCUT2D eigenvalue weighted by molar-refractivity contribution is 0.567. The van der Waals surface area contributed by atoms with Gasteiger partial charge in [-0.3, -0.25) is 0 Å². The first-order valence-corrected chi connectivity index (χ1v) is 17.0. The summed E-state index contributed by atoms with van der Waals surface area (Å²) in [5, 5.41) is 2.30. The highest BCUT2D eigenvalue weighted by molar-refractivity contribution is 6.15. The Morgan fingerprint density at radius 2 is 1.53 bits per heavy atom. The van der Waals surface area contributed by atoms with E-state index in [4.69, 9.17) is 4.42 Å². The zero-order valence-corrected chi connectivity index (χ0v) is 28.9. The number of aryl methyl sites for hydroxylation is 1. The Labute approximate surface area is 279 Å². The fraction of sp³-hybridized carbons (Fsp3) is 0.244. The maximum absolute atomic E-state index is 6.91. The van der Waals surface area contributed by atoms with Gasteiger partial charge in [0.05, 0.1) is 11.1 Å². The lowest BCUT2D eigenvalue weighted by Gasteiger charge is -2.38. The largest absolute Gasteiger partial charge is 0.455 e. The van der Waals surface area contributed by atoms with E-state index in [0.717, 1.165) is 34.0 Å². The van der Waals surface area contributed by atoms with Crippen LogP contribution >= 0.6 is 0 Å². The molecule has 4 aromatic carbocycles. The minimum atomic E-state index is -0.320.